The lowest BCUT2D eigenvalue weighted by molar-refractivity contribution is -0.141. The van der Waals surface area contributed by atoms with Gasteiger partial charge in [0.15, 0.2) is 17.4 Å². The second-order valence-electron chi connectivity index (χ2n) is 4.60. The van der Waals surface area contributed by atoms with Crippen molar-refractivity contribution in [3.8, 4) is 0 Å². The molecule has 0 aliphatic heterocycles. The van der Waals surface area contributed by atoms with E-state index < -0.39 is 5.97 Å². The average Bonchev–Trinajstić information content (AvgIpc) is 3.06. The number of esters is 1. The number of benzene rings is 1. The van der Waals surface area contributed by atoms with E-state index in [1.807, 2.05) is 22.0 Å². The Morgan fingerprint density at radius 1 is 1.36 bits per heavy atom. The van der Waals surface area contributed by atoms with Gasteiger partial charge >= 0.3 is 5.97 Å². The summed E-state index contributed by atoms with van der Waals surface area (Å²) in [5, 5.41) is 1.92. The first-order chi connectivity index (χ1) is 10.6. The van der Waals surface area contributed by atoms with Crippen molar-refractivity contribution in [2.45, 2.75) is 6.42 Å². The minimum absolute atomic E-state index is 0.0557. The monoisotopic (exact) mass is 378 g/mol. The van der Waals surface area contributed by atoms with Crippen LogP contribution < -0.4 is 0 Å². The number of fused-ring (bicyclic) bond motifs is 1. The molecule has 0 unspecified atom stereocenters. The first-order valence-electron chi connectivity index (χ1n) is 6.47. The molecule has 2 heterocycles. The third-order valence-corrected chi connectivity index (χ3v) is 4.24. The fraction of sp³-hybridized carbons (Fsp3) is 0.133. The van der Waals surface area contributed by atoms with Crippen LogP contribution in [0.25, 0.3) is 4.96 Å². The van der Waals surface area contributed by atoms with Gasteiger partial charge in [-0.15, -0.1) is 11.3 Å². The molecule has 22 heavy (non-hydrogen) atoms. The maximum atomic E-state index is 11.9. The Balaban J connectivity index is 1.55. The zero-order valence-corrected chi connectivity index (χ0v) is 13.8. The van der Waals surface area contributed by atoms with Crippen LogP contribution in [0.5, 0.6) is 0 Å². The number of rotatable bonds is 5. The zero-order valence-electron chi connectivity index (χ0n) is 11.4. The highest BCUT2D eigenvalue weighted by Crippen LogP contribution is 2.13. The minimum Gasteiger partial charge on any atom is -0.457 e. The number of hydrogen-bond acceptors (Lipinski definition) is 5. The summed E-state index contributed by atoms with van der Waals surface area (Å²) >= 11 is 4.79. The van der Waals surface area contributed by atoms with Gasteiger partial charge in [0.2, 0.25) is 0 Å². The van der Waals surface area contributed by atoms with E-state index in [0.29, 0.717) is 11.3 Å². The van der Waals surface area contributed by atoms with Crippen LogP contribution in [-0.4, -0.2) is 27.7 Å². The van der Waals surface area contributed by atoms with Gasteiger partial charge in [-0.2, -0.15) is 0 Å². The highest BCUT2D eigenvalue weighted by atomic mass is 79.9. The largest absolute Gasteiger partial charge is 0.457 e. The van der Waals surface area contributed by atoms with Crippen molar-refractivity contribution in [2.24, 2.45) is 0 Å². The fourth-order valence-corrected chi connectivity index (χ4v) is 3.07. The van der Waals surface area contributed by atoms with Gasteiger partial charge in [0.05, 0.1) is 12.1 Å². The molecule has 7 heteroatoms. The Labute approximate surface area is 138 Å². The maximum Gasteiger partial charge on any atom is 0.312 e. The smallest absolute Gasteiger partial charge is 0.312 e. The number of imidazole rings is 1. The molecule has 0 bridgehead atoms. The molecule has 0 saturated carbocycles. The van der Waals surface area contributed by atoms with Crippen LogP contribution in [-0.2, 0) is 16.0 Å². The molecule has 0 spiro atoms. The number of hydrogen-bond donors (Lipinski definition) is 0. The molecule has 3 aromatic rings. The third kappa shape index (κ3) is 3.42. The first-order valence-corrected chi connectivity index (χ1v) is 8.14. The quantitative estimate of drug-likeness (QED) is 0.505. The van der Waals surface area contributed by atoms with Crippen LogP contribution in [0, 0.1) is 0 Å². The standard InChI is InChI=1S/C15H11BrN2O3S/c16-11-3-1-2-10(6-11)13(19)9-21-14(20)7-12-8-18-4-5-22-15(18)17-12/h1-6,8H,7,9H2. The molecule has 0 saturated heterocycles. The van der Waals surface area contributed by atoms with Crippen LogP contribution >= 0.6 is 27.3 Å². The SMILES string of the molecule is O=C(Cc1cn2ccsc2n1)OCC(=O)c1cccc(Br)c1. The van der Waals surface area contributed by atoms with Crippen molar-refractivity contribution >= 4 is 44.0 Å². The molecule has 0 N–H and O–H groups in total. The highest BCUT2D eigenvalue weighted by molar-refractivity contribution is 9.10. The van der Waals surface area contributed by atoms with Gasteiger partial charge < -0.3 is 4.74 Å². The molecule has 2 aromatic heterocycles. The summed E-state index contributed by atoms with van der Waals surface area (Å²) in [4.78, 5) is 28.8. The summed E-state index contributed by atoms with van der Waals surface area (Å²) in [5.41, 5.74) is 1.14. The molecule has 0 aliphatic rings. The van der Waals surface area contributed by atoms with Gasteiger partial charge in [-0.05, 0) is 12.1 Å². The molecule has 5 nitrogen and oxygen atoms in total. The number of thiazole rings is 1. The summed E-state index contributed by atoms with van der Waals surface area (Å²) < 4.78 is 7.68. The lowest BCUT2D eigenvalue weighted by Gasteiger charge is -2.03. The molecular weight excluding hydrogens is 368 g/mol. The Bertz CT molecular complexity index is 812. The van der Waals surface area contributed by atoms with Crippen LogP contribution in [0.15, 0.2) is 46.5 Å². The fourth-order valence-electron chi connectivity index (χ4n) is 1.95. The zero-order chi connectivity index (χ0) is 15.5. The van der Waals surface area contributed by atoms with E-state index in [1.165, 1.54) is 11.3 Å². The molecule has 0 radical (unpaired) electrons. The van der Waals surface area contributed by atoms with E-state index in [1.54, 1.807) is 24.4 Å². The number of carbonyl (C=O) groups excluding carboxylic acids is 2. The van der Waals surface area contributed by atoms with Gasteiger partial charge in [-0.3, -0.25) is 14.0 Å². The summed E-state index contributed by atoms with van der Waals surface area (Å²) in [7, 11) is 0. The van der Waals surface area contributed by atoms with Crippen molar-refractivity contribution < 1.29 is 14.3 Å². The molecule has 0 atom stereocenters. The average molecular weight is 379 g/mol. The Morgan fingerprint density at radius 3 is 3.00 bits per heavy atom. The number of carbonyl (C=O) groups is 2. The minimum atomic E-state index is -0.464. The van der Waals surface area contributed by atoms with Gasteiger partial charge in [0.25, 0.3) is 0 Å². The summed E-state index contributed by atoms with van der Waals surface area (Å²) in [5.74, 6) is -0.699. The Morgan fingerprint density at radius 2 is 2.23 bits per heavy atom. The molecule has 1 aromatic carbocycles. The van der Waals surface area contributed by atoms with Crippen LogP contribution in [0.2, 0.25) is 0 Å². The van der Waals surface area contributed by atoms with Crippen molar-refractivity contribution in [2.75, 3.05) is 6.61 Å². The normalized spacial score (nSPS) is 10.8. The molecular formula is C15H11BrN2O3S. The summed E-state index contributed by atoms with van der Waals surface area (Å²) in [6.45, 7) is -0.266. The second kappa shape index (κ2) is 6.41. The molecule has 112 valence electrons. The van der Waals surface area contributed by atoms with Gasteiger partial charge in [-0.25, -0.2) is 4.98 Å². The lowest BCUT2D eigenvalue weighted by Crippen LogP contribution is -2.15. The van der Waals surface area contributed by atoms with E-state index in [9.17, 15) is 9.59 Å². The number of halogens is 1. The van der Waals surface area contributed by atoms with Gasteiger partial charge in [0, 0.05) is 27.8 Å². The summed E-state index contributed by atoms with van der Waals surface area (Å²) in [6.07, 6.45) is 3.71. The van der Waals surface area contributed by atoms with E-state index >= 15 is 0 Å². The van der Waals surface area contributed by atoms with E-state index in [-0.39, 0.29) is 18.8 Å². The Hall–Kier alpha value is -1.99. The lowest BCUT2D eigenvalue weighted by atomic mass is 10.1. The number of Topliss-reactive ketones (excluding diaryl/α,β-unsaturated/α-hetero) is 1. The first kappa shape index (κ1) is 14.9. The molecule has 3 rings (SSSR count). The molecule has 0 aliphatic carbocycles. The van der Waals surface area contributed by atoms with Crippen LogP contribution in [0.1, 0.15) is 16.1 Å². The van der Waals surface area contributed by atoms with Crippen LogP contribution in [0.3, 0.4) is 0 Å². The number of ether oxygens (including phenoxy) is 1. The van der Waals surface area contributed by atoms with E-state index in [0.717, 1.165) is 9.43 Å². The number of ketones is 1. The van der Waals surface area contributed by atoms with E-state index in [4.69, 9.17) is 4.74 Å². The summed E-state index contributed by atoms with van der Waals surface area (Å²) in [6, 6.07) is 6.97. The molecule has 0 fully saturated rings. The predicted molar refractivity (Wildman–Crippen MR) is 86.2 cm³/mol. The van der Waals surface area contributed by atoms with Gasteiger partial charge in [0.1, 0.15) is 0 Å². The van der Waals surface area contributed by atoms with Crippen molar-refractivity contribution in [3.63, 3.8) is 0 Å². The van der Waals surface area contributed by atoms with Crippen molar-refractivity contribution in [1.82, 2.24) is 9.38 Å². The molecule has 0 amide bonds. The predicted octanol–water partition coefficient (Wildman–Crippen LogP) is 3.13. The highest BCUT2D eigenvalue weighted by Gasteiger charge is 2.13. The van der Waals surface area contributed by atoms with Crippen molar-refractivity contribution in [1.29, 1.82) is 0 Å². The maximum absolute atomic E-state index is 11.9. The van der Waals surface area contributed by atoms with Crippen molar-refractivity contribution in [3.05, 3.63) is 57.8 Å². The van der Waals surface area contributed by atoms with E-state index in [2.05, 4.69) is 20.9 Å². The van der Waals surface area contributed by atoms with Crippen LogP contribution in [0.4, 0.5) is 0 Å². The second-order valence-corrected chi connectivity index (χ2v) is 6.38. The number of nitrogens with zero attached hydrogens (tertiary/aromatic N) is 2. The third-order valence-electron chi connectivity index (χ3n) is 2.98. The number of aromatic nitrogens is 2. The van der Waals surface area contributed by atoms with Gasteiger partial charge in [-0.1, -0.05) is 28.1 Å². The Kier molecular flexibility index (Phi) is 4.35. The topological polar surface area (TPSA) is 60.7 Å².